The number of carbonyl (C=O) groups is 1. The van der Waals surface area contributed by atoms with Crippen LogP contribution in [-0.2, 0) is 4.79 Å². The molecule has 0 saturated carbocycles. The van der Waals surface area contributed by atoms with E-state index < -0.39 is 11.4 Å². The molecule has 1 aromatic rings. The van der Waals surface area contributed by atoms with E-state index >= 15 is 0 Å². The van der Waals surface area contributed by atoms with Crippen LogP contribution in [0.3, 0.4) is 0 Å². The molecule has 5 heteroatoms. The number of nitrogens with one attached hydrogen (secondary N) is 2. The van der Waals surface area contributed by atoms with Crippen molar-refractivity contribution in [1.29, 1.82) is 0 Å². The van der Waals surface area contributed by atoms with Gasteiger partial charge in [0.1, 0.15) is 0 Å². The van der Waals surface area contributed by atoms with E-state index in [0.717, 1.165) is 32.0 Å². The number of piperidine rings is 1. The summed E-state index contributed by atoms with van der Waals surface area (Å²) in [5, 5.41) is 5.79. The van der Waals surface area contributed by atoms with E-state index in [1.54, 1.807) is 0 Å². The van der Waals surface area contributed by atoms with Crippen LogP contribution in [0.15, 0.2) is 18.5 Å². The number of amides is 1. The molecule has 1 aromatic heterocycles. The minimum atomic E-state index is -0.603. The molecule has 2 rings (SSSR count). The molecule has 1 atom stereocenters. The average molecular weight is 237 g/mol. The third kappa shape index (κ3) is 2.61. The smallest absolute Gasteiger partial charge is 0.244 e. The average Bonchev–Trinajstić information content (AvgIpc) is 2.33. The molecule has 0 spiro atoms. The Bertz CT molecular complexity index is 416. The summed E-state index contributed by atoms with van der Waals surface area (Å²) in [5.41, 5.74) is -0.424. The van der Waals surface area contributed by atoms with Gasteiger partial charge in [-0.2, -0.15) is 0 Å². The third-order valence-corrected chi connectivity index (χ3v) is 3.14. The standard InChI is InChI=1S/C12H16FN3O/c1-12(5-2-3-6-15-12)11(17)16-10-4-7-14-8-9(10)13/h4,7-8,15H,2-3,5-6H2,1H3,(H,14,16,17). The van der Waals surface area contributed by atoms with Gasteiger partial charge in [-0.3, -0.25) is 9.78 Å². The second-order valence-corrected chi connectivity index (χ2v) is 4.53. The molecule has 1 aliphatic rings. The van der Waals surface area contributed by atoms with Gasteiger partial charge >= 0.3 is 0 Å². The topological polar surface area (TPSA) is 54.0 Å². The van der Waals surface area contributed by atoms with Crippen LogP contribution >= 0.6 is 0 Å². The van der Waals surface area contributed by atoms with Crippen LogP contribution in [0.25, 0.3) is 0 Å². The fourth-order valence-electron chi connectivity index (χ4n) is 1.99. The molecule has 92 valence electrons. The predicted octanol–water partition coefficient (Wildman–Crippen LogP) is 1.69. The molecule has 4 nitrogen and oxygen atoms in total. The Morgan fingerprint density at radius 3 is 3.06 bits per heavy atom. The Hall–Kier alpha value is -1.49. The predicted molar refractivity (Wildman–Crippen MR) is 63.1 cm³/mol. The van der Waals surface area contributed by atoms with Crippen molar-refractivity contribution in [2.75, 3.05) is 11.9 Å². The Kier molecular flexibility index (Phi) is 3.38. The molecule has 1 unspecified atom stereocenters. The fraction of sp³-hybridized carbons (Fsp3) is 0.500. The number of rotatable bonds is 2. The van der Waals surface area contributed by atoms with Crippen LogP contribution in [0, 0.1) is 5.82 Å². The van der Waals surface area contributed by atoms with Crippen molar-refractivity contribution in [2.45, 2.75) is 31.7 Å². The van der Waals surface area contributed by atoms with Crippen molar-refractivity contribution in [2.24, 2.45) is 0 Å². The number of aromatic nitrogens is 1. The first kappa shape index (κ1) is 12.0. The van der Waals surface area contributed by atoms with Gasteiger partial charge in [0, 0.05) is 6.20 Å². The highest BCUT2D eigenvalue weighted by Crippen LogP contribution is 2.21. The molecule has 2 heterocycles. The summed E-state index contributed by atoms with van der Waals surface area (Å²) in [7, 11) is 0. The highest BCUT2D eigenvalue weighted by atomic mass is 19.1. The number of anilines is 1. The molecule has 17 heavy (non-hydrogen) atoms. The Labute approximate surface area is 99.6 Å². The molecule has 2 N–H and O–H groups in total. The maximum absolute atomic E-state index is 13.3. The summed E-state index contributed by atoms with van der Waals surface area (Å²) in [6.45, 7) is 2.67. The van der Waals surface area contributed by atoms with Gasteiger partial charge in [0.2, 0.25) is 5.91 Å². The first-order valence-corrected chi connectivity index (χ1v) is 5.78. The monoisotopic (exact) mass is 237 g/mol. The molecule has 1 saturated heterocycles. The Morgan fingerprint density at radius 1 is 1.59 bits per heavy atom. The van der Waals surface area contributed by atoms with E-state index in [9.17, 15) is 9.18 Å². The van der Waals surface area contributed by atoms with Crippen molar-refractivity contribution >= 4 is 11.6 Å². The normalized spacial score (nSPS) is 24.4. The van der Waals surface area contributed by atoms with E-state index in [0.29, 0.717) is 0 Å². The van der Waals surface area contributed by atoms with Crippen LogP contribution in [0.1, 0.15) is 26.2 Å². The van der Waals surface area contributed by atoms with Gasteiger partial charge < -0.3 is 10.6 Å². The fourth-order valence-corrected chi connectivity index (χ4v) is 1.99. The minimum Gasteiger partial charge on any atom is -0.322 e. The summed E-state index contributed by atoms with van der Waals surface area (Å²) >= 11 is 0. The molecule has 0 bridgehead atoms. The lowest BCUT2D eigenvalue weighted by Gasteiger charge is -2.33. The van der Waals surface area contributed by atoms with Crippen molar-refractivity contribution in [3.63, 3.8) is 0 Å². The Balaban J connectivity index is 2.08. The zero-order valence-electron chi connectivity index (χ0n) is 9.79. The van der Waals surface area contributed by atoms with Crippen molar-refractivity contribution in [3.05, 3.63) is 24.3 Å². The first-order chi connectivity index (χ1) is 8.12. The number of hydrogen-bond donors (Lipinski definition) is 2. The van der Waals surface area contributed by atoms with E-state index in [1.165, 1.54) is 12.3 Å². The van der Waals surface area contributed by atoms with E-state index in [2.05, 4.69) is 15.6 Å². The zero-order chi connectivity index (χ0) is 12.3. The van der Waals surface area contributed by atoms with E-state index in [-0.39, 0.29) is 11.6 Å². The van der Waals surface area contributed by atoms with Crippen LogP contribution in [0.5, 0.6) is 0 Å². The van der Waals surface area contributed by atoms with Gasteiger partial charge in [-0.05, 0) is 38.8 Å². The largest absolute Gasteiger partial charge is 0.322 e. The van der Waals surface area contributed by atoms with Crippen molar-refractivity contribution in [3.8, 4) is 0 Å². The highest BCUT2D eigenvalue weighted by Gasteiger charge is 2.34. The molecule has 1 amide bonds. The number of halogens is 1. The van der Waals surface area contributed by atoms with Gasteiger partial charge in [-0.15, -0.1) is 0 Å². The van der Waals surface area contributed by atoms with E-state index in [4.69, 9.17) is 0 Å². The van der Waals surface area contributed by atoms with Crippen LogP contribution in [0.2, 0.25) is 0 Å². The van der Waals surface area contributed by atoms with Gasteiger partial charge in [-0.1, -0.05) is 0 Å². The lowest BCUT2D eigenvalue weighted by atomic mass is 9.90. The molecule has 1 aliphatic heterocycles. The van der Waals surface area contributed by atoms with Gasteiger partial charge in [-0.25, -0.2) is 4.39 Å². The first-order valence-electron chi connectivity index (χ1n) is 5.78. The van der Waals surface area contributed by atoms with Gasteiger partial charge in [0.15, 0.2) is 5.82 Å². The maximum atomic E-state index is 13.3. The van der Waals surface area contributed by atoms with Crippen molar-refractivity contribution in [1.82, 2.24) is 10.3 Å². The summed E-state index contributed by atoms with van der Waals surface area (Å²) in [4.78, 5) is 15.7. The van der Waals surface area contributed by atoms with Crippen molar-refractivity contribution < 1.29 is 9.18 Å². The number of hydrogen-bond acceptors (Lipinski definition) is 3. The van der Waals surface area contributed by atoms with Crippen LogP contribution < -0.4 is 10.6 Å². The second-order valence-electron chi connectivity index (χ2n) is 4.53. The minimum absolute atomic E-state index is 0.179. The van der Waals surface area contributed by atoms with Gasteiger partial charge in [0.25, 0.3) is 0 Å². The van der Waals surface area contributed by atoms with Crippen LogP contribution in [-0.4, -0.2) is 23.0 Å². The summed E-state index contributed by atoms with van der Waals surface area (Å²) < 4.78 is 13.3. The molecular weight excluding hydrogens is 221 g/mol. The SMILES string of the molecule is CC1(C(=O)Nc2ccncc2F)CCCCN1. The molecule has 0 radical (unpaired) electrons. The second kappa shape index (κ2) is 4.79. The lowest BCUT2D eigenvalue weighted by molar-refractivity contribution is -0.122. The molecular formula is C12H16FN3O. The maximum Gasteiger partial charge on any atom is 0.244 e. The number of nitrogens with zero attached hydrogens (tertiary/aromatic N) is 1. The summed E-state index contributed by atoms with van der Waals surface area (Å²) in [5.74, 6) is -0.706. The number of carbonyl (C=O) groups excluding carboxylic acids is 1. The van der Waals surface area contributed by atoms with E-state index in [1.807, 2.05) is 6.92 Å². The molecule has 0 aliphatic carbocycles. The lowest BCUT2D eigenvalue weighted by Crippen LogP contribution is -2.54. The molecule has 0 aromatic carbocycles. The quantitative estimate of drug-likeness (QED) is 0.823. The summed E-state index contributed by atoms with van der Waals surface area (Å²) in [6.07, 6.45) is 5.40. The Morgan fingerprint density at radius 2 is 2.41 bits per heavy atom. The van der Waals surface area contributed by atoms with Crippen LogP contribution in [0.4, 0.5) is 10.1 Å². The zero-order valence-corrected chi connectivity index (χ0v) is 9.79. The summed E-state index contributed by atoms with van der Waals surface area (Å²) in [6, 6.07) is 1.46. The number of pyridine rings is 1. The molecule has 1 fully saturated rings. The highest BCUT2D eigenvalue weighted by molar-refractivity contribution is 5.97. The van der Waals surface area contributed by atoms with Gasteiger partial charge in [0.05, 0.1) is 17.4 Å². The third-order valence-electron chi connectivity index (χ3n) is 3.14.